The van der Waals surface area contributed by atoms with Crippen LogP contribution in [0.5, 0.6) is 11.5 Å². The molecule has 6 heteroatoms. The van der Waals surface area contributed by atoms with Crippen molar-refractivity contribution < 1.29 is 9.53 Å². The van der Waals surface area contributed by atoms with Crippen molar-refractivity contribution in [1.82, 2.24) is 9.97 Å². The van der Waals surface area contributed by atoms with Gasteiger partial charge in [-0.1, -0.05) is 29.5 Å². The molecule has 0 unspecified atom stereocenters. The second kappa shape index (κ2) is 6.93. The average molecular weight is 361 g/mol. The van der Waals surface area contributed by atoms with Crippen LogP contribution in [0.2, 0.25) is 0 Å². The lowest BCUT2D eigenvalue weighted by Crippen LogP contribution is -2.12. The molecule has 0 fully saturated rings. The highest BCUT2D eigenvalue weighted by atomic mass is 32.1. The summed E-state index contributed by atoms with van der Waals surface area (Å²) < 4.78 is 6.84. The van der Waals surface area contributed by atoms with Crippen LogP contribution in [0, 0.1) is 6.92 Å². The first-order valence-electron chi connectivity index (χ1n) is 8.04. The molecule has 1 N–H and O–H groups in total. The molecule has 0 saturated heterocycles. The Morgan fingerprint density at radius 2 is 2.00 bits per heavy atom. The summed E-state index contributed by atoms with van der Waals surface area (Å²) in [7, 11) is 0. The molecule has 0 spiro atoms. The molecule has 0 aliphatic heterocycles. The van der Waals surface area contributed by atoms with Crippen LogP contribution < -0.4 is 10.1 Å². The van der Waals surface area contributed by atoms with Crippen molar-refractivity contribution in [1.29, 1.82) is 0 Å². The lowest BCUT2D eigenvalue weighted by molar-refractivity contribution is 0.102. The quantitative estimate of drug-likeness (QED) is 0.553. The molecule has 1 amide bonds. The summed E-state index contributed by atoms with van der Waals surface area (Å²) in [6, 6.07) is 16.7. The van der Waals surface area contributed by atoms with Crippen LogP contribution >= 0.6 is 11.3 Å². The minimum atomic E-state index is -0.264. The predicted molar refractivity (Wildman–Crippen MR) is 103 cm³/mol. The van der Waals surface area contributed by atoms with Gasteiger partial charge in [-0.05, 0) is 48.9 Å². The fourth-order valence-corrected chi connectivity index (χ4v) is 3.49. The smallest absolute Gasteiger partial charge is 0.261 e. The third-order valence-electron chi connectivity index (χ3n) is 3.76. The van der Waals surface area contributed by atoms with E-state index in [0.29, 0.717) is 22.2 Å². The van der Waals surface area contributed by atoms with Crippen molar-refractivity contribution in [3.8, 4) is 11.5 Å². The lowest BCUT2D eigenvalue weighted by atomic mass is 10.2. The number of pyridine rings is 1. The molecule has 2 heterocycles. The second-order valence-electron chi connectivity index (χ2n) is 5.73. The number of thiazole rings is 1. The van der Waals surface area contributed by atoms with Crippen molar-refractivity contribution in [2.24, 2.45) is 0 Å². The van der Waals surface area contributed by atoms with Gasteiger partial charge in [-0.15, -0.1) is 0 Å². The van der Waals surface area contributed by atoms with E-state index in [4.69, 9.17) is 4.74 Å². The van der Waals surface area contributed by atoms with Crippen molar-refractivity contribution in [3.63, 3.8) is 0 Å². The second-order valence-corrected chi connectivity index (χ2v) is 6.76. The normalized spacial score (nSPS) is 10.7. The zero-order valence-corrected chi connectivity index (χ0v) is 14.8. The van der Waals surface area contributed by atoms with E-state index in [1.807, 2.05) is 25.1 Å². The molecule has 0 atom stereocenters. The van der Waals surface area contributed by atoms with Crippen LogP contribution in [0.15, 0.2) is 67.0 Å². The SMILES string of the molecule is Cc1ccc2nc(NC(=O)c3ccccc3Oc3cccnc3)sc2c1. The van der Waals surface area contributed by atoms with E-state index in [1.54, 1.807) is 42.7 Å². The number of amides is 1. The number of ether oxygens (including phenoxy) is 1. The molecule has 4 aromatic rings. The molecule has 0 radical (unpaired) electrons. The van der Waals surface area contributed by atoms with Gasteiger partial charge < -0.3 is 4.74 Å². The monoisotopic (exact) mass is 361 g/mol. The van der Waals surface area contributed by atoms with Crippen molar-refractivity contribution >= 4 is 32.6 Å². The number of hydrogen-bond acceptors (Lipinski definition) is 5. The maximum atomic E-state index is 12.7. The predicted octanol–water partition coefficient (Wildman–Crippen LogP) is 5.04. The Bertz CT molecular complexity index is 1080. The molecular weight excluding hydrogens is 346 g/mol. The van der Waals surface area contributed by atoms with Crippen LogP contribution in [0.4, 0.5) is 5.13 Å². The van der Waals surface area contributed by atoms with Crippen LogP contribution in [0.25, 0.3) is 10.2 Å². The maximum Gasteiger partial charge on any atom is 0.261 e. The number of nitrogens with one attached hydrogen (secondary N) is 1. The van der Waals surface area contributed by atoms with Crippen LogP contribution in [-0.4, -0.2) is 15.9 Å². The number of para-hydroxylation sites is 1. The van der Waals surface area contributed by atoms with Crippen LogP contribution in [-0.2, 0) is 0 Å². The number of anilines is 1. The Hall–Kier alpha value is -3.25. The molecule has 4 rings (SSSR count). The number of aromatic nitrogens is 2. The highest BCUT2D eigenvalue weighted by molar-refractivity contribution is 7.22. The highest BCUT2D eigenvalue weighted by Crippen LogP contribution is 2.29. The van der Waals surface area contributed by atoms with Crippen molar-refractivity contribution in [2.45, 2.75) is 6.92 Å². The molecule has 2 aromatic carbocycles. The van der Waals surface area contributed by atoms with E-state index in [-0.39, 0.29) is 5.91 Å². The number of nitrogens with zero attached hydrogens (tertiary/aromatic N) is 2. The summed E-state index contributed by atoms with van der Waals surface area (Å²) in [6.07, 6.45) is 3.27. The summed E-state index contributed by atoms with van der Waals surface area (Å²) in [6.45, 7) is 2.03. The zero-order valence-electron chi connectivity index (χ0n) is 14.0. The standard InChI is InChI=1S/C20H15N3O2S/c1-13-8-9-16-18(11-13)26-20(22-16)23-19(24)15-6-2-3-7-17(15)25-14-5-4-10-21-12-14/h2-12H,1H3,(H,22,23,24). The van der Waals surface area contributed by atoms with E-state index in [9.17, 15) is 4.79 Å². The molecule has 0 aliphatic rings. The average Bonchev–Trinajstić information content (AvgIpc) is 3.04. The highest BCUT2D eigenvalue weighted by Gasteiger charge is 2.15. The van der Waals surface area contributed by atoms with Gasteiger partial charge in [0, 0.05) is 6.20 Å². The summed E-state index contributed by atoms with van der Waals surface area (Å²) in [4.78, 5) is 21.2. The van der Waals surface area contributed by atoms with Gasteiger partial charge in [0.15, 0.2) is 5.13 Å². The van der Waals surface area contributed by atoms with Crippen LogP contribution in [0.3, 0.4) is 0 Å². The third kappa shape index (κ3) is 3.41. The Labute approximate surface area is 154 Å². The number of rotatable bonds is 4. The fraction of sp³-hybridized carbons (Fsp3) is 0.0500. The minimum Gasteiger partial charge on any atom is -0.455 e. The molecule has 26 heavy (non-hydrogen) atoms. The number of carbonyl (C=O) groups excluding carboxylic acids is 1. The molecular formula is C20H15N3O2S. The van der Waals surface area contributed by atoms with Gasteiger partial charge in [-0.2, -0.15) is 0 Å². The molecule has 128 valence electrons. The van der Waals surface area contributed by atoms with Gasteiger partial charge in [0.2, 0.25) is 0 Å². The van der Waals surface area contributed by atoms with Gasteiger partial charge in [0.25, 0.3) is 5.91 Å². The molecule has 0 bridgehead atoms. The molecule has 5 nitrogen and oxygen atoms in total. The van der Waals surface area contributed by atoms with E-state index in [2.05, 4.69) is 21.4 Å². The van der Waals surface area contributed by atoms with Crippen molar-refractivity contribution in [2.75, 3.05) is 5.32 Å². The minimum absolute atomic E-state index is 0.264. The topological polar surface area (TPSA) is 64.1 Å². The first kappa shape index (κ1) is 16.2. The largest absolute Gasteiger partial charge is 0.455 e. The number of fused-ring (bicyclic) bond motifs is 1. The Morgan fingerprint density at radius 1 is 1.12 bits per heavy atom. The summed E-state index contributed by atoms with van der Waals surface area (Å²) in [5.41, 5.74) is 2.47. The van der Waals surface area contributed by atoms with E-state index in [1.165, 1.54) is 11.3 Å². The molecule has 0 saturated carbocycles. The van der Waals surface area contributed by atoms with Crippen molar-refractivity contribution in [3.05, 3.63) is 78.1 Å². The summed E-state index contributed by atoms with van der Waals surface area (Å²) >= 11 is 1.45. The number of carbonyl (C=O) groups is 1. The first-order chi connectivity index (χ1) is 12.7. The maximum absolute atomic E-state index is 12.7. The number of benzene rings is 2. The van der Waals surface area contributed by atoms with Crippen LogP contribution in [0.1, 0.15) is 15.9 Å². The lowest BCUT2D eigenvalue weighted by Gasteiger charge is -2.10. The van der Waals surface area contributed by atoms with Gasteiger partial charge in [0.05, 0.1) is 22.0 Å². The van der Waals surface area contributed by atoms with Gasteiger partial charge in [0.1, 0.15) is 11.5 Å². The first-order valence-corrected chi connectivity index (χ1v) is 8.86. The Kier molecular flexibility index (Phi) is 4.33. The summed E-state index contributed by atoms with van der Waals surface area (Å²) in [5.74, 6) is 0.776. The van der Waals surface area contributed by atoms with E-state index >= 15 is 0 Å². The molecule has 0 aliphatic carbocycles. The van der Waals surface area contributed by atoms with E-state index < -0.39 is 0 Å². The van der Waals surface area contributed by atoms with Gasteiger partial charge in [-0.3, -0.25) is 15.1 Å². The molecule has 2 aromatic heterocycles. The van der Waals surface area contributed by atoms with Gasteiger partial charge >= 0.3 is 0 Å². The number of hydrogen-bond donors (Lipinski definition) is 1. The van der Waals surface area contributed by atoms with E-state index in [0.717, 1.165) is 15.8 Å². The Morgan fingerprint density at radius 3 is 2.85 bits per heavy atom. The fourth-order valence-electron chi connectivity index (χ4n) is 2.53. The Balaban J connectivity index is 1.59. The number of aryl methyl sites for hydroxylation is 1. The van der Waals surface area contributed by atoms with Gasteiger partial charge in [-0.25, -0.2) is 4.98 Å². The third-order valence-corrected chi connectivity index (χ3v) is 4.69. The summed E-state index contributed by atoms with van der Waals surface area (Å²) in [5, 5.41) is 3.43. The zero-order chi connectivity index (χ0) is 17.9.